The molecule has 0 saturated carbocycles. The average molecular weight is 560 g/mol. The lowest BCUT2D eigenvalue weighted by Crippen LogP contribution is -2.37. The number of piperidine rings is 1. The van der Waals surface area contributed by atoms with Crippen molar-refractivity contribution in [2.75, 3.05) is 27.2 Å². The number of hydrogen-bond acceptors (Lipinski definition) is 8. The summed E-state index contributed by atoms with van der Waals surface area (Å²) >= 11 is 13.3. The van der Waals surface area contributed by atoms with E-state index >= 15 is 0 Å². The maximum absolute atomic E-state index is 12.4. The van der Waals surface area contributed by atoms with Crippen molar-refractivity contribution in [3.05, 3.63) is 63.6 Å². The lowest BCUT2D eigenvalue weighted by Gasteiger charge is -2.25. The zero-order valence-corrected chi connectivity index (χ0v) is 22.3. The van der Waals surface area contributed by atoms with Gasteiger partial charge in [0.05, 0.1) is 0 Å². The summed E-state index contributed by atoms with van der Waals surface area (Å²) in [5, 5.41) is 21.3. The number of nitrogen functional groups attached to an aromatic ring is 1. The molecule has 0 radical (unpaired) electrons. The molecule has 1 aromatic heterocycles. The van der Waals surface area contributed by atoms with Gasteiger partial charge in [0.15, 0.2) is 17.2 Å². The number of ether oxygens (including phenoxy) is 3. The van der Waals surface area contributed by atoms with Gasteiger partial charge in [-0.3, -0.25) is 10.2 Å². The van der Waals surface area contributed by atoms with Crippen LogP contribution in [0.3, 0.4) is 0 Å². The molecule has 1 unspecified atom stereocenters. The monoisotopic (exact) mass is 559 g/mol. The van der Waals surface area contributed by atoms with Crippen LogP contribution >= 0.6 is 23.2 Å². The Kier molecular flexibility index (Phi) is 8.45. The molecule has 3 aromatic rings. The minimum atomic E-state index is -0.223. The van der Waals surface area contributed by atoms with E-state index in [1.807, 2.05) is 0 Å². The van der Waals surface area contributed by atoms with E-state index in [2.05, 4.69) is 10.3 Å². The number of hydrogen-bond donors (Lipinski definition) is 4. The summed E-state index contributed by atoms with van der Waals surface area (Å²) in [6.07, 6.45) is 1.48. The quantitative estimate of drug-likeness (QED) is 0.227. The third-order valence-corrected chi connectivity index (χ3v) is 6.36. The molecule has 1 amide bonds. The van der Waals surface area contributed by atoms with Crippen LogP contribution in [0.15, 0.2) is 42.5 Å². The maximum Gasteiger partial charge on any atom is 0.253 e. The smallest absolute Gasteiger partial charge is 0.253 e. The third kappa shape index (κ3) is 6.21. The van der Waals surface area contributed by atoms with Gasteiger partial charge in [0, 0.05) is 31.8 Å². The topological polar surface area (TPSA) is 143 Å². The zero-order valence-electron chi connectivity index (χ0n) is 20.8. The second-order valence-electron chi connectivity index (χ2n) is 8.79. The summed E-state index contributed by atoms with van der Waals surface area (Å²) in [7, 11) is 3.30. The van der Waals surface area contributed by atoms with Crippen LogP contribution in [0.1, 0.15) is 28.8 Å². The zero-order chi connectivity index (χ0) is 27.4. The number of rotatable bonds is 8. The first kappa shape index (κ1) is 27.3. The van der Waals surface area contributed by atoms with Crippen LogP contribution in [0.5, 0.6) is 34.8 Å². The molecule has 38 heavy (non-hydrogen) atoms. The normalized spacial score (nSPS) is 15.0. The number of pyridine rings is 1. The van der Waals surface area contributed by atoms with Crippen molar-refractivity contribution in [1.82, 2.24) is 15.2 Å². The number of nitrogens with zero attached hydrogens (tertiary/aromatic N) is 2. The first-order chi connectivity index (χ1) is 18.1. The molecule has 200 valence electrons. The van der Waals surface area contributed by atoms with Crippen LogP contribution in [-0.2, 0) is 0 Å². The van der Waals surface area contributed by atoms with Gasteiger partial charge in [0.1, 0.15) is 27.7 Å². The molecular formula is C26H27Cl2N5O5. The second kappa shape index (κ2) is 11.8. The fourth-order valence-electron chi connectivity index (χ4n) is 3.74. The van der Waals surface area contributed by atoms with Gasteiger partial charge in [-0.2, -0.15) is 4.98 Å². The van der Waals surface area contributed by atoms with E-state index in [0.29, 0.717) is 23.4 Å². The largest absolute Gasteiger partial charge is 0.504 e. The van der Waals surface area contributed by atoms with E-state index in [9.17, 15) is 9.90 Å². The Hall–Kier alpha value is -3.73. The summed E-state index contributed by atoms with van der Waals surface area (Å²) < 4.78 is 18.0. The van der Waals surface area contributed by atoms with Crippen molar-refractivity contribution in [2.24, 2.45) is 5.73 Å². The van der Waals surface area contributed by atoms with E-state index in [0.717, 1.165) is 19.4 Å². The van der Waals surface area contributed by atoms with Crippen LogP contribution in [0.25, 0.3) is 0 Å². The Morgan fingerprint density at radius 3 is 2.53 bits per heavy atom. The molecule has 1 aliphatic heterocycles. The lowest BCUT2D eigenvalue weighted by atomic mass is 10.1. The SMILES string of the molecule is CN(C)C(=O)c1cccc(Oc2nc(Oc3cc(C(=N)N)ccc3O)c(Cl)c(OC3CCCNC3)c2Cl)c1. The van der Waals surface area contributed by atoms with Gasteiger partial charge in [-0.05, 0) is 55.8 Å². The highest BCUT2D eigenvalue weighted by Gasteiger charge is 2.26. The summed E-state index contributed by atoms with van der Waals surface area (Å²) in [5.74, 6) is -0.512. The van der Waals surface area contributed by atoms with Crippen molar-refractivity contribution in [1.29, 1.82) is 5.41 Å². The number of aromatic nitrogens is 1. The Morgan fingerprint density at radius 1 is 1.13 bits per heavy atom. The van der Waals surface area contributed by atoms with Crippen molar-refractivity contribution >= 4 is 34.9 Å². The van der Waals surface area contributed by atoms with Gasteiger partial charge >= 0.3 is 0 Å². The molecule has 2 heterocycles. The summed E-state index contributed by atoms with van der Waals surface area (Å²) in [5.41, 5.74) is 6.31. The van der Waals surface area contributed by atoms with Crippen molar-refractivity contribution in [3.8, 4) is 34.8 Å². The maximum atomic E-state index is 12.4. The number of amidine groups is 1. The number of phenolic OH excluding ortho intramolecular Hbond substituents is 1. The van der Waals surface area contributed by atoms with Crippen molar-refractivity contribution < 1.29 is 24.1 Å². The Balaban J connectivity index is 1.75. The van der Waals surface area contributed by atoms with Gasteiger partial charge in [-0.1, -0.05) is 29.3 Å². The van der Waals surface area contributed by atoms with Crippen LogP contribution in [0, 0.1) is 5.41 Å². The highest BCUT2D eigenvalue weighted by Crippen LogP contribution is 2.47. The first-order valence-corrected chi connectivity index (χ1v) is 12.5. The Morgan fingerprint density at radius 2 is 1.87 bits per heavy atom. The predicted molar refractivity (Wildman–Crippen MR) is 145 cm³/mol. The van der Waals surface area contributed by atoms with Crippen LogP contribution in [0.4, 0.5) is 0 Å². The fraction of sp³-hybridized carbons (Fsp3) is 0.269. The lowest BCUT2D eigenvalue weighted by molar-refractivity contribution is 0.0827. The van der Waals surface area contributed by atoms with E-state index in [-0.39, 0.29) is 56.9 Å². The van der Waals surface area contributed by atoms with E-state index in [1.165, 1.54) is 23.1 Å². The number of aromatic hydroxyl groups is 1. The molecule has 10 nitrogen and oxygen atoms in total. The number of nitrogens with two attached hydrogens (primary N) is 1. The molecule has 4 rings (SSSR count). The number of nitrogens with one attached hydrogen (secondary N) is 2. The number of carbonyl (C=O) groups is 1. The molecular weight excluding hydrogens is 533 g/mol. The van der Waals surface area contributed by atoms with Crippen LogP contribution in [0.2, 0.25) is 10.0 Å². The van der Waals surface area contributed by atoms with Gasteiger partial charge in [-0.15, -0.1) is 0 Å². The highest BCUT2D eigenvalue weighted by atomic mass is 35.5. The third-order valence-electron chi connectivity index (χ3n) is 5.69. The van der Waals surface area contributed by atoms with Crippen LogP contribution < -0.4 is 25.3 Å². The Labute approximate surface area is 229 Å². The van der Waals surface area contributed by atoms with E-state index in [1.54, 1.807) is 38.4 Å². The van der Waals surface area contributed by atoms with Crippen molar-refractivity contribution in [3.63, 3.8) is 0 Å². The first-order valence-electron chi connectivity index (χ1n) is 11.7. The average Bonchev–Trinajstić information content (AvgIpc) is 2.90. The minimum absolute atomic E-state index is 0.0129. The summed E-state index contributed by atoms with van der Waals surface area (Å²) in [6.45, 7) is 1.48. The molecule has 0 spiro atoms. The minimum Gasteiger partial charge on any atom is -0.504 e. The molecule has 1 aliphatic rings. The van der Waals surface area contributed by atoms with Gasteiger partial charge in [-0.25, -0.2) is 0 Å². The second-order valence-corrected chi connectivity index (χ2v) is 9.55. The number of halogens is 2. The number of amides is 1. The fourth-order valence-corrected chi connectivity index (χ4v) is 4.22. The molecule has 0 bridgehead atoms. The molecule has 12 heteroatoms. The highest BCUT2D eigenvalue weighted by molar-refractivity contribution is 6.38. The summed E-state index contributed by atoms with van der Waals surface area (Å²) in [4.78, 5) is 18.2. The van der Waals surface area contributed by atoms with Gasteiger partial charge < -0.3 is 35.3 Å². The standard InChI is InChI=1S/C26H27Cl2N5O5/c1-33(2)26(35)15-5-3-6-16(11-15)37-24-20(27)22(36-17-7-4-10-31-13-17)21(28)25(32-24)38-19-12-14(23(29)30)8-9-18(19)34/h3,5-6,8-9,11-12,17,31,34H,4,7,10,13H2,1-2H3,(H3,29,30). The van der Waals surface area contributed by atoms with Crippen LogP contribution in [-0.4, -0.2) is 60.0 Å². The molecule has 1 atom stereocenters. The molecule has 0 aliphatic carbocycles. The molecule has 1 saturated heterocycles. The van der Waals surface area contributed by atoms with Gasteiger partial charge in [0.2, 0.25) is 11.8 Å². The number of phenols is 1. The molecule has 2 aromatic carbocycles. The molecule has 1 fully saturated rings. The molecule has 5 N–H and O–H groups in total. The van der Waals surface area contributed by atoms with E-state index in [4.69, 9.17) is 48.6 Å². The van der Waals surface area contributed by atoms with Crippen molar-refractivity contribution in [2.45, 2.75) is 18.9 Å². The Bertz CT molecular complexity index is 1360. The number of carbonyl (C=O) groups excluding carboxylic acids is 1. The summed E-state index contributed by atoms with van der Waals surface area (Å²) in [6, 6.07) is 10.7. The van der Waals surface area contributed by atoms with Gasteiger partial charge in [0.25, 0.3) is 5.91 Å². The van der Waals surface area contributed by atoms with E-state index < -0.39 is 0 Å². The predicted octanol–water partition coefficient (Wildman–Crippen LogP) is 4.80. The number of benzene rings is 2.